The number of allylic oxidation sites excluding steroid dienone is 5. The van der Waals surface area contributed by atoms with Crippen molar-refractivity contribution in [3.05, 3.63) is 34.9 Å². The van der Waals surface area contributed by atoms with Crippen LogP contribution in [-0.4, -0.2) is 22.6 Å². The van der Waals surface area contributed by atoms with Crippen LogP contribution in [0, 0.1) is 45.3 Å². The lowest BCUT2D eigenvalue weighted by Crippen LogP contribution is -2.54. The fourth-order valence-electron chi connectivity index (χ4n) is 9.22. The zero-order chi connectivity index (χ0) is 26.8. The molecule has 4 rings (SSSR count). The van der Waals surface area contributed by atoms with E-state index in [0.717, 1.165) is 38.5 Å². The molecule has 0 heterocycles. The molecule has 7 atom stereocenters. The van der Waals surface area contributed by atoms with Gasteiger partial charge in [-0.15, -0.1) is 0 Å². The molecule has 0 aromatic rings. The van der Waals surface area contributed by atoms with Crippen LogP contribution in [0.3, 0.4) is 0 Å². The van der Waals surface area contributed by atoms with Gasteiger partial charge in [-0.25, -0.2) is 4.79 Å². The predicted molar refractivity (Wildman–Crippen MR) is 143 cm³/mol. The van der Waals surface area contributed by atoms with E-state index in [1.165, 1.54) is 11.1 Å². The van der Waals surface area contributed by atoms with Crippen LogP contribution in [0.4, 0.5) is 0 Å². The fourth-order valence-corrected chi connectivity index (χ4v) is 9.22. The number of fused-ring (bicyclic) bond motifs is 5. The summed E-state index contributed by atoms with van der Waals surface area (Å²) in [4.78, 5) is 37.3. The number of carboxylic acids is 1. The number of rotatable bonds is 6. The van der Waals surface area contributed by atoms with Gasteiger partial charge in [0.2, 0.25) is 0 Å². The molecule has 2 fully saturated rings. The fraction of sp³-hybridized carbons (Fsp3) is 0.719. The molecular weight excluding hydrogens is 448 g/mol. The van der Waals surface area contributed by atoms with Gasteiger partial charge in [-0.2, -0.15) is 0 Å². The van der Waals surface area contributed by atoms with Crippen LogP contribution < -0.4 is 0 Å². The Morgan fingerprint density at radius 3 is 2.39 bits per heavy atom. The molecule has 7 unspecified atom stereocenters. The standard InChI is InChI=1S/C32H46O4/c1-19(10-9-11-20(2)28(35)36)24-18-25(21(3)33)32(8)23-12-13-26-29(4,5)27(34)15-16-30(26,6)22(23)14-17-31(24,32)7/h11-12,14,19,24-26H,9-10,13,15-18H2,1-8H3,(H,35,36). The first-order chi connectivity index (χ1) is 16.6. The maximum atomic E-state index is 13.2. The zero-order valence-corrected chi connectivity index (χ0v) is 23.7. The van der Waals surface area contributed by atoms with E-state index in [2.05, 4.69) is 53.7 Å². The minimum Gasteiger partial charge on any atom is -0.478 e. The molecule has 4 aliphatic carbocycles. The summed E-state index contributed by atoms with van der Waals surface area (Å²) in [6.07, 6.45) is 12.7. The van der Waals surface area contributed by atoms with Crippen LogP contribution in [-0.2, 0) is 14.4 Å². The summed E-state index contributed by atoms with van der Waals surface area (Å²) >= 11 is 0. The SMILES string of the molecule is CC(=O)C1CC(C(C)CCC=C(C)C(=O)O)C2(C)CC=C3C(=CCC4C(C)(C)C(=O)CCC34C)C12C. The zero-order valence-electron chi connectivity index (χ0n) is 23.7. The molecule has 0 spiro atoms. The van der Waals surface area contributed by atoms with Gasteiger partial charge in [0.05, 0.1) is 0 Å². The molecule has 4 nitrogen and oxygen atoms in total. The first kappa shape index (κ1) is 27.1. The second-order valence-corrected chi connectivity index (χ2v) is 13.7. The molecule has 36 heavy (non-hydrogen) atoms. The number of hydrogen-bond donors (Lipinski definition) is 1. The van der Waals surface area contributed by atoms with Crippen LogP contribution >= 0.6 is 0 Å². The van der Waals surface area contributed by atoms with Gasteiger partial charge in [0.15, 0.2) is 0 Å². The Balaban J connectivity index is 1.73. The quantitative estimate of drug-likeness (QED) is 0.392. The Kier molecular flexibility index (Phi) is 6.62. The van der Waals surface area contributed by atoms with E-state index in [1.807, 2.05) is 6.08 Å². The minimum atomic E-state index is -0.853. The van der Waals surface area contributed by atoms with E-state index in [1.54, 1.807) is 13.8 Å². The highest BCUT2D eigenvalue weighted by atomic mass is 16.4. The largest absolute Gasteiger partial charge is 0.478 e. The van der Waals surface area contributed by atoms with Crippen LogP contribution in [0.2, 0.25) is 0 Å². The maximum absolute atomic E-state index is 13.2. The lowest BCUT2D eigenvalue weighted by atomic mass is 9.43. The van der Waals surface area contributed by atoms with E-state index in [-0.39, 0.29) is 33.4 Å². The molecule has 4 aliphatic rings. The van der Waals surface area contributed by atoms with Gasteiger partial charge in [0.25, 0.3) is 0 Å². The number of Topliss-reactive ketones (excluding diaryl/α,β-unsaturated/α-hetero) is 2. The van der Waals surface area contributed by atoms with Gasteiger partial charge in [-0.1, -0.05) is 59.8 Å². The molecule has 0 aromatic heterocycles. The summed E-state index contributed by atoms with van der Waals surface area (Å²) in [5, 5.41) is 9.21. The third-order valence-electron chi connectivity index (χ3n) is 11.8. The molecule has 198 valence electrons. The summed E-state index contributed by atoms with van der Waals surface area (Å²) in [7, 11) is 0. The Labute approximate surface area is 217 Å². The van der Waals surface area contributed by atoms with E-state index in [4.69, 9.17) is 0 Å². The molecular formula is C32H46O4. The summed E-state index contributed by atoms with van der Waals surface area (Å²) in [6, 6.07) is 0. The van der Waals surface area contributed by atoms with Gasteiger partial charge >= 0.3 is 5.97 Å². The van der Waals surface area contributed by atoms with Crippen molar-refractivity contribution >= 4 is 17.5 Å². The molecule has 0 saturated heterocycles. The monoisotopic (exact) mass is 494 g/mol. The topological polar surface area (TPSA) is 71.4 Å². The summed E-state index contributed by atoms with van der Waals surface area (Å²) < 4.78 is 0. The number of carbonyl (C=O) groups excluding carboxylic acids is 2. The first-order valence-corrected chi connectivity index (χ1v) is 14.0. The average Bonchev–Trinajstić information content (AvgIpc) is 3.04. The van der Waals surface area contributed by atoms with Crippen molar-refractivity contribution in [1.29, 1.82) is 0 Å². The Morgan fingerprint density at radius 1 is 1.11 bits per heavy atom. The van der Waals surface area contributed by atoms with Gasteiger partial charge in [-0.3, -0.25) is 9.59 Å². The highest BCUT2D eigenvalue weighted by molar-refractivity contribution is 5.86. The van der Waals surface area contributed by atoms with E-state index >= 15 is 0 Å². The summed E-state index contributed by atoms with van der Waals surface area (Å²) in [6.45, 7) is 17.2. The number of carboxylic acid groups (broad SMARTS) is 1. The molecule has 0 amide bonds. The molecule has 0 aromatic carbocycles. The van der Waals surface area contributed by atoms with Gasteiger partial charge in [-0.05, 0) is 92.1 Å². The molecule has 4 heteroatoms. The number of hydrogen-bond acceptors (Lipinski definition) is 3. The van der Waals surface area contributed by atoms with Crippen molar-refractivity contribution in [2.45, 2.75) is 100 Å². The third-order valence-corrected chi connectivity index (χ3v) is 11.8. The molecule has 1 N–H and O–H groups in total. The molecule has 0 bridgehead atoms. The maximum Gasteiger partial charge on any atom is 0.330 e. The third kappa shape index (κ3) is 3.64. The van der Waals surface area contributed by atoms with Crippen LogP contribution in [0.5, 0.6) is 0 Å². The predicted octanol–water partition coefficient (Wildman–Crippen LogP) is 7.34. The van der Waals surface area contributed by atoms with E-state index in [0.29, 0.717) is 35.5 Å². The number of aliphatic carboxylic acids is 1. The number of ketones is 2. The molecule has 0 radical (unpaired) electrons. The Morgan fingerprint density at radius 2 is 1.78 bits per heavy atom. The van der Waals surface area contributed by atoms with Crippen LogP contribution in [0.15, 0.2) is 34.9 Å². The highest BCUT2D eigenvalue weighted by Gasteiger charge is 2.67. The van der Waals surface area contributed by atoms with Crippen LogP contribution in [0.1, 0.15) is 100 Å². The van der Waals surface area contributed by atoms with E-state index < -0.39 is 5.97 Å². The molecule has 0 aliphatic heterocycles. The highest BCUT2D eigenvalue weighted by Crippen LogP contribution is 2.73. The lowest BCUT2D eigenvalue weighted by Gasteiger charge is -2.60. The van der Waals surface area contributed by atoms with Crippen molar-refractivity contribution < 1.29 is 19.5 Å². The lowest BCUT2D eigenvalue weighted by molar-refractivity contribution is -0.138. The number of carbonyl (C=O) groups is 3. The van der Waals surface area contributed by atoms with Crippen molar-refractivity contribution in [1.82, 2.24) is 0 Å². The smallest absolute Gasteiger partial charge is 0.330 e. The van der Waals surface area contributed by atoms with E-state index in [9.17, 15) is 19.5 Å². The summed E-state index contributed by atoms with van der Waals surface area (Å²) in [5.74, 6) is 0.887. The second-order valence-electron chi connectivity index (χ2n) is 13.7. The van der Waals surface area contributed by atoms with Gasteiger partial charge in [0.1, 0.15) is 11.6 Å². The Bertz CT molecular complexity index is 1070. The normalized spacial score (nSPS) is 40.4. The Hall–Kier alpha value is -1.97. The van der Waals surface area contributed by atoms with Crippen molar-refractivity contribution in [2.24, 2.45) is 45.3 Å². The first-order valence-electron chi connectivity index (χ1n) is 14.0. The molecule has 2 saturated carbocycles. The minimum absolute atomic E-state index is 0.0143. The second kappa shape index (κ2) is 8.81. The van der Waals surface area contributed by atoms with Crippen molar-refractivity contribution in [3.8, 4) is 0 Å². The van der Waals surface area contributed by atoms with Gasteiger partial charge in [0, 0.05) is 28.7 Å². The average molecular weight is 495 g/mol. The van der Waals surface area contributed by atoms with Crippen molar-refractivity contribution in [3.63, 3.8) is 0 Å². The van der Waals surface area contributed by atoms with Crippen LogP contribution in [0.25, 0.3) is 0 Å². The van der Waals surface area contributed by atoms with Crippen molar-refractivity contribution in [2.75, 3.05) is 0 Å². The van der Waals surface area contributed by atoms with Gasteiger partial charge < -0.3 is 5.11 Å². The summed E-state index contributed by atoms with van der Waals surface area (Å²) in [5.41, 5.74) is 2.58.